The number of nitrogens with one attached hydrogen (secondary N) is 1. The number of hydrogen-bond donors (Lipinski definition) is 1. The molecule has 4 heteroatoms. The molecule has 0 radical (unpaired) electrons. The van der Waals surface area contributed by atoms with E-state index in [-0.39, 0.29) is 17.8 Å². The second-order valence-electron chi connectivity index (χ2n) is 5.37. The zero-order valence-corrected chi connectivity index (χ0v) is 12.2. The summed E-state index contributed by atoms with van der Waals surface area (Å²) in [5, 5.41) is 3.04. The van der Waals surface area contributed by atoms with E-state index in [1.54, 1.807) is 17.8 Å². The first-order chi connectivity index (χ1) is 9.06. The number of halogens is 1. The lowest BCUT2D eigenvalue weighted by molar-refractivity contribution is -0.122. The van der Waals surface area contributed by atoms with Crippen LogP contribution in [0.2, 0.25) is 0 Å². The van der Waals surface area contributed by atoms with Gasteiger partial charge in [0.15, 0.2) is 0 Å². The van der Waals surface area contributed by atoms with Crippen LogP contribution in [-0.2, 0) is 4.79 Å². The quantitative estimate of drug-likeness (QED) is 0.906. The van der Waals surface area contributed by atoms with Crippen LogP contribution in [-0.4, -0.2) is 11.7 Å². The van der Waals surface area contributed by atoms with Crippen molar-refractivity contribution >= 4 is 17.7 Å². The van der Waals surface area contributed by atoms with Gasteiger partial charge in [0.1, 0.15) is 5.82 Å². The Kier molecular flexibility index (Phi) is 4.86. The van der Waals surface area contributed by atoms with E-state index < -0.39 is 0 Å². The van der Waals surface area contributed by atoms with Crippen molar-refractivity contribution < 1.29 is 9.18 Å². The van der Waals surface area contributed by atoms with Crippen molar-refractivity contribution in [2.75, 3.05) is 5.75 Å². The SMILES string of the molecule is CC(C)CCC(=O)NC1CCSc2ccc(F)cc21. The van der Waals surface area contributed by atoms with E-state index in [1.807, 2.05) is 6.07 Å². The lowest BCUT2D eigenvalue weighted by atomic mass is 10.0. The second kappa shape index (κ2) is 6.42. The molecule has 0 aliphatic carbocycles. The number of benzene rings is 1. The number of fused-ring (bicyclic) bond motifs is 1. The van der Waals surface area contributed by atoms with Gasteiger partial charge in [0, 0.05) is 17.1 Å². The molecule has 1 atom stereocenters. The molecular weight excluding hydrogens is 261 g/mol. The summed E-state index contributed by atoms with van der Waals surface area (Å²) < 4.78 is 13.3. The molecule has 0 saturated heterocycles. The Hall–Kier alpha value is -1.03. The smallest absolute Gasteiger partial charge is 0.220 e. The number of rotatable bonds is 4. The normalized spacial score (nSPS) is 18.2. The number of thioether (sulfide) groups is 1. The highest BCUT2D eigenvalue weighted by molar-refractivity contribution is 7.99. The van der Waals surface area contributed by atoms with Crippen molar-refractivity contribution in [3.05, 3.63) is 29.6 Å². The average Bonchev–Trinajstić information content (AvgIpc) is 2.37. The Balaban J connectivity index is 2.03. The van der Waals surface area contributed by atoms with E-state index in [0.29, 0.717) is 12.3 Å². The van der Waals surface area contributed by atoms with Gasteiger partial charge < -0.3 is 5.32 Å². The van der Waals surface area contributed by atoms with Crippen molar-refractivity contribution in [2.45, 2.75) is 44.0 Å². The van der Waals surface area contributed by atoms with Crippen LogP contribution >= 0.6 is 11.8 Å². The molecule has 1 N–H and O–H groups in total. The molecule has 0 bridgehead atoms. The summed E-state index contributed by atoms with van der Waals surface area (Å²) in [6.45, 7) is 4.21. The highest BCUT2D eigenvalue weighted by Gasteiger charge is 2.22. The maximum Gasteiger partial charge on any atom is 0.220 e. The van der Waals surface area contributed by atoms with Crippen LogP contribution in [0, 0.1) is 11.7 Å². The van der Waals surface area contributed by atoms with Crippen LogP contribution < -0.4 is 5.32 Å². The molecule has 2 rings (SSSR count). The van der Waals surface area contributed by atoms with Gasteiger partial charge in [0.05, 0.1) is 6.04 Å². The van der Waals surface area contributed by atoms with Crippen LogP contribution in [0.25, 0.3) is 0 Å². The number of hydrogen-bond acceptors (Lipinski definition) is 2. The Morgan fingerprint density at radius 2 is 2.32 bits per heavy atom. The third-order valence-corrected chi connectivity index (χ3v) is 4.42. The molecule has 1 aromatic carbocycles. The maximum atomic E-state index is 13.3. The summed E-state index contributed by atoms with van der Waals surface area (Å²) in [6, 6.07) is 4.80. The molecule has 0 fully saturated rings. The summed E-state index contributed by atoms with van der Waals surface area (Å²) in [5.74, 6) is 1.33. The van der Waals surface area contributed by atoms with Gasteiger partial charge >= 0.3 is 0 Å². The van der Waals surface area contributed by atoms with Gasteiger partial charge in [0.25, 0.3) is 0 Å². The molecule has 1 heterocycles. The van der Waals surface area contributed by atoms with Gasteiger partial charge in [-0.3, -0.25) is 4.79 Å². The van der Waals surface area contributed by atoms with Crippen LogP contribution in [0.1, 0.15) is 44.7 Å². The lowest BCUT2D eigenvalue weighted by Crippen LogP contribution is -2.30. The fraction of sp³-hybridized carbons (Fsp3) is 0.533. The first kappa shape index (κ1) is 14.4. The standard InChI is InChI=1S/C15H20FNOS/c1-10(2)3-6-15(18)17-13-7-8-19-14-5-4-11(16)9-12(13)14/h4-5,9-10,13H,3,6-8H2,1-2H3,(H,17,18). The molecule has 0 saturated carbocycles. The predicted octanol–water partition coefficient (Wildman–Crippen LogP) is 3.92. The second-order valence-corrected chi connectivity index (χ2v) is 6.51. The van der Waals surface area contributed by atoms with Crippen molar-refractivity contribution in [3.63, 3.8) is 0 Å². The van der Waals surface area contributed by atoms with Gasteiger partial charge in [-0.25, -0.2) is 4.39 Å². The largest absolute Gasteiger partial charge is 0.349 e. The number of carbonyl (C=O) groups is 1. The molecular formula is C15H20FNOS. The van der Waals surface area contributed by atoms with E-state index in [4.69, 9.17) is 0 Å². The van der Waals surface area contributed by atoms with Crippen LogP contribution in [0.5, 0.6) is 0 Å². The van der Waals surface area contributed by atoms with E-state index in [9.17, 15) is 9.18 Å². The van der Waals surface area contributed by atoms with E-state index in [1.165, 1.54) is 6.07 Å². The van der Waals surface area contributed by atoms with E-state index >= 15 is 0 Å². The average molecular weight is 281 g/mol. The fourth-order valence-corrected chi connectivity index (χ4v) is 3.31. The zero-order chi connectivity index (χ0) is 13.8. The molecule has 0 spiro atoms. The van der Waals surface area contributed by atoms with Gasteiger partial charge in [0.2, 0.25) is 5.91 Å². The molecule has 19 heavy (non-hydrogen) atoms. The summed E-state index contributed by atoms with van der Waals surface area (Å²) in [4.78, 5) is 13.0. The predicted molar refractivity (Wildman–Crippen MR) is 76.7 cm³/mol. The van der Waals surface area contributed by atoms with Gasteiger partial charge in [-0.15, -0.1) is 11.8 Å². The van der Waals surface area contributed by atoms with Crippen LogP contribution in [0.15, 0.2) is 23.1 Å². The molecule has 1 aliphatic rings. The molecule has 0 aromatic heterocycles. The Bertz CT molecular complexity index is 461. The summed E-state index contributed by atoms with van der Waals surface area (Å²) in [6.07, 6.45) is 2.31. The third kappa shape index (κ3) is 3.96. The Morgan fingerprint density at radius 3 is 3.05 bits per heavy atom. The Labute approximate surface area is 118 Å². The number of carbonyl (C=O) groups excluding carboxylic acids is 1. The van der Waals surface area contributed by atoms with Crippen molar-refractivity contribution in [1.29, 1.82) is 0 Å². The summed E-state index contributed by atoms with van der Waals surface area (Å²) >= 11 is 1.73. The minimum absolute atomic E-state index is 0.0355. The topological polar surface area (TPSA) is 29.1 Å². The van der Waals surface area contributed by atoms with Gasteiger partial charge in [-0.05, 0) is 42.5 Å². The third-order valence-electron chi connectivity index (χ3n) is 3.30. The van der Waals surface area contributed by atoms with E-state index in [2.05, 4.69) is 19.2 Å². The van der Waals surface area contributed by atoms with Crippen molar-refractivity contribution in [3.8, 4) is 0 Å². The summed E-state index contributed by atoms with van der Waals surface area (Å²) in [7, 11) is 0. The van der Waals surface area contributed by atoms with Crippen LogP contribution in [0.3, 0.4) is 0 Å². The molecule has 2 nitrogen and oxygen atoms in total. The molecule has 1 aliphatic heterocycles. The zero-order valence-electron chi connectivity index (χ0n) is 11.4. The fourth-order valence-electron chi connectivity index (χ4n) is 2.20. The molecule has 1 unspecified atom stereocenters. The van der Waals surface area contributed by atoms with Gasteiger partial charge in [-0.1, -0.05) is 13.8 Å². The van der Waals surface area contributed by atoms with Crippen molar-refractivity contribution in [1.82, 2.24) is 5.32 Å². The first-order valence-corrected chi connectivity index (χ1v) is 7.76. The molecule has 1 amide bonds. The highest BCUT2D eigenvalue weighted by atomic mass is 32.2. The number of amides is 1. The first-order valence-electron chi connectivity index (χ1n) is 6.78. The van der Waals surface area contributed by atoms with Crippen LogP contribution in [0.4, 0.5) is 4.39 Å². The van der Waals surface area contributed by atoms with E-state index in [0.717, 1.165) is 29.1 Å². The summed E-state index contributed by atoms with van der Waals surface area (Å²) in [5.41, 5.74) is 0.925. The van der Waals surface area contributed by atoms with Crippen molar-refractivity contribution in [2.24, 2.45) is 5.92 Å². The lowest BCUT2D eigenvalue weighted by Gasteiger charge is -2.26. The molecule has 104 valence electrons. The van der Waals surface area contributed by atoms with Gasteiger partial charge in [-0.2, -0.15) is 0 Å². The molecule has 1 aromatic rings. The minimum atomic E-state index is -0.234. The monoisotopic (exact) mass is 281 g/mol. The minimum Gasteiger partial charge on any atom is -0.349 e. The Morgan fingerprint density at radius 1 is 1.53 bits per heavy atom. The highest BCUT2D eigenvalue weighted by Crippen LogP contribution is 2.36. The maximum absolute atomic E-state index is 13.3.